The summed E-state index contributed by atoms with van der Waals surface area (Å²) in [5.74, 6) is 0. The lowest BCUT2D eigenvalue weighted by Gasteiger charge is -2.30. The molecule has 25 heavy (non-hydrogen) atoms. The number of β-amino-alcohol motifs (C(OH)–C–C–N with tert-alkyl or cyclic N) is 1. The number of unbranched alkanes of at least 4 members (excludes halogenated alkanes) is 10. The highest BCUT2D eigenvalue weighted by atomic mass is 35.5. The van der Waals surface area contributed by atoms with Crippen LogP contribution in [0, 0.1) is 0 Å². The Kier molecular flexibility index (Phi) is 14.2. The second-order valence-electron chi connectivity index (χ2n) is 7.70. The van der Waals surface area contributed by atoms with Crippen molar-refractivity contribution in [1.82, 2.24) is 9.80 Å². The monoisotopic (exact) mass is 374 g/mol. The number of aliphatic hydroxyl groups is 1. The number of alkyl halides is 1. The highest BCUT2D eigenvalue weighted by Gasteiger charge is 2.36. The van der Waals surface area contributed by atoms with E-state index in [1.165, 1.54) is 83.5 Å². The van der Waals surface area contributed by atoms with Crippen LogP contribution in [0.25, 0.3) is 0 Å². The molecule has 1 aliphatic heterocycles. The summed E-state index contributed by atoms with van der Waals surface area (Å²) < 4.78 is 0. The van der Waals surface area contributed by atoms with Crippen LogP contribution in [-0.2, 0) is 0 Å². The van der Waals surface area contributed by atoms with Gasteiger partial charge in [0.1, 0.15) is 0 Å². The maximum atomic E-state index is 9.34. The van der Waals surface area contributed by atoms with Gasteiger partial charge in [-0.15, -0.1) is 11.6 Å². The molecule has 0 amide bonds. The van der Waals surface area contributed by atoms with Crippen LogP contribution in [-0.4, -0.2) is 52.8 Å². The maximum Gasteiger partial charge on any atom is 0.0991 e. The third-order valence-corrected chi connectivity index (χ3v) is 5.91. The van der Waals surface area contributed by atoms with Gasteiger partial charge >= 0.3 is 0 Å². The first-order chi connectivity index (χ1) is 12.2. The van der Waals surface area contributed by atoms with Gasteiger partial charge in [0.2, 0.25) is 0 Å². The minimum absolute atomic E-state index is 0.117. The summed E-state index contributed by atoms with van der Waals surface area (Å²) in [5.41, 5.74) is 0.117. The van der Waals surface area contributed by atoms with E-state index in [0.717, 1.165) is 19.6 Å². The Morgan fingerprint density at radius 3 is 1.92 bits per heavy atom. The van der Waals surface area contributed by atoms with Gasteiger partial charge in [0.15, 0.2) is 0 Å². The number of nitrogens with zero attached hydrogens (tertiary/aromatic N) is 2. The lowest BCUT2D eigenvalue weighted by molar-refractivity contribution is 0.101. The summed E-state index contributed by atoms with van der Waals surface area (Å²) in [7, 11) is 0. The Labute approximate surface area is 162 Å². The molecule has 0 aromatic carbocycles. The Morgan fingerprint density at radius 2 is 1.36 bits per heavy atom. The van der Waals surface area contributed by atoms with E-state index in [2.05, 4.69) is 23.6 Å². The normalized spacial score (nSPS) is 22.1. The molecule has 0 aromatic heterocycles. The molecule has 0 bridgehead atoms. The van der Waals surface area contributed by atoms with Gasteiger partial charge in [-0.2, -0.15) is 0 Å². The van der Waals surface area contributed by atoms with E-state index in [0.29, 0.717) is 6.17 Å². The van der Waals surface area contributed by atoms with Gasteiger partial charge in [0.05, 0.1) is 18.3 Å². The van der Waals surface area contributed by atoms with E-state index in [9.17, 15) is 5.11 Å². The second kappa shape index (κ2) is 15.2. The van der Waals surface area contributed by atoms with Crippen LogP contribution in [0.5, 0.6) is 0 Å². The van der Waals surface area contributed by atoms with Crippen molar-refractivity contribution in [2.75, 3.05) is 26.2 Å². The molecule has 3 nitrogen and oxygen atoms in total. The van der Waals surface area contributed by atoms with Gasteiger partial charge in [-0.25, -0.2) is 0 Å². The van der Waals surface area contributed by atoms with Crippen LogP contribution < -0.4 is 0 Å². The third kappa shape index (κ3) is 9.60. The quantitative estimate of drug-likeness (QED) is 0.216. The van der Waals surface area contributed by atoms with Crippen molar-refractivity contribution in [2.24, 2.45) is 0 Å². The van der Waals surface area contributed by atoms with E-state index in [-0.39, 0.29) is 12.1 Å². The van der Waals surface area contributed by atoms with Crippen molar-refractivity contribution in [2.45, 2.75) is 109 Å². The lowest BCUT2D eigenvalue weighted by atomic mass is 10.0. The molecule has 0 aromatic rings. The number of hydrogen-bond donors (Lipinski definition) is 1. The zero-order chi connectivity index (χ0) is 18.3. The van der Waals surface area contributed by atoms with E-state index < -0.39 is 0 Å². The number of halogens is 1. The fourth-order valence-corrected chi connectivity index (χ4v) is 4.38. The first kappa shape index (κ1) is 23.2. The molecular weight excluding hydrogens is 332 g/mol. The summed E-state index contributed by atoms with van der Waals surface area (Å²) in [6, 6.07) is 0. The molecule has 4 heteroatoms. The SMILES string of the molecule is CCCCCCCCCCCCC1N(CCO)CC(Cl)N1CCCC. The molecule has 1 aliphatic rings. The summed E-state index contributed by atoms with van der Waals surface area (Å²) >= 11 is 6.58. The molecule has 0 spiro atoms. The van der Waals surface area contributed by atoms with Gasteiger partial charge in [-0.1, -0.05) is 84.5 Å². The van der Waals surface area contributed by atoms with Gasteiger partial charge < -0.3 is 5.11 Å². The lowest BCUT2D eigenvalue weighted by Crippen LogP contribution is -2.41. The molecule has 150 valence electrons. The second-order valence-corrected chi connectivity index (χ2v) is 8.20. The third-order valence-electron chi connectivity index (χ3n) is 5.52. The largest absolute Gasteiger partial charge is 0.395 e. The minimum Gasteiger partial charge on any atom is -0.395 e. The van der Waals surface area contributed by atoms with E-state index >= 15 is 0 Å². The molecule has 0 saturated carbocycles. The molecule has 1 fully saturated rings. The maximum absolute atomic E-state index is 9.34. The number of rotatable bonds is 16. The first-order valence-corrected chi connectivity index (χ1v) is 11.4. The topological polar surface area (TPSA) is 26.7 Å². The molecule has 1 heterocycles. The summed E-state index contributed by atoms with van der Waals surface area (Å²) in [6.07, 6.45) is 17.9. The van der Waals surface area contributed by atoms with Crippen molar-refractivity contribution >= 4 is 11.6 Å². The van der Waals surface area contributed by atoms with Crippen LogP contribution in [0.3, 0.4) is 0 Å². The highest BCUT2D eigenvalue weighted by Crippen LogP contribution is 2.27. The standard InChI is InChI=1S/C21H43ClN2O/c1-3-5-7-8-9-10-11-12-13-14-15-21-23(17-18-25)19-20(22)24(21)16-6-4-2/h20-21,25H,3-19H2,1-2H3. The molecule has 0 aliphatic carbocycles. The van der Waals surface area contributed by atoms with Crippen LogP contribution in [0.2, 0.25) is 0 Å². The van der Waals surface area contributed by atoms with Gasteiger partial charge in [-0.05, 0) is 12.8 Å². The van der Waals surface area contributed by atoms with Crippen LogP contribution in [0.4, 0.5) is 0 Å². The number of aliphatic hydroxyl groups excluding tert-OH is 1. The van der Waals surface area contributed by atoms with E-state index in [1.807, 2.05) is 0 Å². The van der Waals surface area contributed by atoms with E-state index in [1.54, 1.807) is 0 Å². The average molecular weight is 375 g/mol. The Morgan fingerprint density at radius 1 is 0.800 bits per heavy atom. The Bertz CT molecular complexity index is 304. The molecule has 2 atom stereocenters. The van der Waals surface area contributed by atoms with Gasteiger partial charge in [-0.3, -0.25) is 9.80 Å². The van der Waals surface area contributed by atoms with Crippen molar-refractivity contribution < 1.29 is 5.11 Å². The zero-order valence-electron chi connectivity index (χ0n) is 16.9. The molecule has 1 saturated heterocycles. The fourth-order valence-electron chi connectivity index (χ4n) is 3.98. The molecule has 1 N–H and O–H groups in total. The molecular formula is C21H43ClN2O. The predicted molar refractivity (Wildman–Crippen MR) is 110 cm³/mol. The fraction of sp³-hybridized carbons (Fsp3) is 1.00. The highest BCUT2D eigenvalue weighted by molar-refractivity contribution is 6.20. The van der Waals surface area contributed by atoms with Crippen molar-refractivity contribution in [3.63, 3.8) is 0 Å². The van der Waals surface area contributed by atoms with Crippen molar-refractivity contribution in [1.29, 1.82) is 0 Å². The Balaban J connectivity index is 2.18. The van der Waals surface area contributed by atoms with E-state index in [4.69, 9.17) is 11.6 Å². The van der Waals surface area contributed by atoms with Crippen molar-refractivity contribution in [3.05, 3.63) is 0 Å². The van der Waals surface area contributed by atoms with Gasteiger partial charge in [0, 0.05) is 19.6 Å². The molecule has 1 rings (SSSR count). The minimum atomic E-state index is 0.117. The molecule has 0 radical (unpaired) electrons. The number of hydrogen-bond acceptors (Lipinski definition) is 3. The summed E-state index contributed by atoms with van der Waals surface area (Å²) in [4.78, 5) is 4.86. The van der Waals surface area contributed by atoms with Crippen molar-refractivity contribution in [3.8, 4) is 0 Å². The zero-order valence-corrected chi connectivity index (χ0v) is 17.7. The molecule has 2 unspecified atom stereocenters. The van der Waals surface area contributed by atoms with Crippen LogP contribution in [0.1, 0.15) is 97.3 Å². The van der Waals surface area contributed by atoms with Crippen LogP contribution >= 0.6 is 11.6 Å². The van der Waals surface area contributed by atoms with Gasteiger partial charge in [0.25, 0.3) is 0 Å². The summed E-state index contributed by atoms with van der Waals surface area (Å²) in [5, 5.41) is 9.34. The predicted octanol–water partition coefficient (Wildman–Crippen LogP) is 5.60. The first-order valence-electron chi connectivity index (χ1n) is 11.0. The Hall–Kier alpha value is 0.170. The smallest absolute Gasteiger partial charge is 0.0991 e. The summed E-state index contributed by atoms with van der Waals surface area (Å²) in [6.45, 7) is 7.50. The average Bonchev–Trinajstić information content (AvgIpc) is 2.90. The van der Waals surface area contributed by atoms with Crippen LogP contribution in [0.15, 0.2) is 0 Å².